The number of unbranched alkanes of at least 4 members (excludes halogenated alkanes) is 4. The molecule has 0 spiro atoms. The number of rotatable bonds is 30. The summed E-state index contributed by atoms with van der Waals surface area (Å²) in [5.41, 5.74) is 0. The summed E-state index contributed by atoms with van der Waals surface area (Å²) < 4.78 is 0. The van der Waals surface area contributed by atoms with E-state index in [0.717, 1.165) is 87.6 Å². The smallest absolute Gasteiger partial charge is 0.0510 e. The van der Waals surface area contributed by atoms with Gasteiger partial charge in [-0.2, -0.15) is 0 Å². The van der Waals surface area contributed by atoms with E-state index in [9.17, 15) is 0 Å². The summed E-state index contributed by atoms with van der Waals surface area (Å²) in [6, 6.07) is 0. The van der Waals surface area contributed by atoms with Crippen molar-refractivity contribution in [3.8, 4) is 0 Å². The molecule has 4 heteroatoms. The van der Waals surface area contributed by atoms with Crippen LogP contribution >= 0.6 is 0 Å². The fourth-order valence-electron chi connectivity index (χ4n) is 6.20. The number of hydrogen-bond donors (Lipinski definition) is 2. The van der Waals surface area contributed by atoms with Gasteiger partial charge in [0.2, 0.25) is 0 Å². The molecule has 0 radical (unpaired) electrons. The Balaban J connectivity index is 3.41. The Labute approximate surface area is 259 Å². The molecule has 0 aliphatic rings. The van der Waals surface area contributed by atoms with Crippen LogP contribution in [-0.4, -0.2) is 51.7 Å². The van der Waals surface area contributed by atoms with E-state index in [1.807, 2.05) is 0 Å². The van der Waals surface area contributed by atoms with Crippen molar-refractivity contribution in [2.45, 2.75) is 152 Å². The molecule has 0 aliphatic heterocycles. The second kappa shape index (κ2) is 29.3. The van der Waals surface area contributed by atoms with E-state index in [1.54, 1.807) is 0 Å². The molecule has 6 atom stereocenters. The van der Waals surface area contributed by atoms with Gasteiger partial charge in [-0.15, -0.1) is 0 Å². The van der Waals surface area contributed by atoms with Crippen molar-refractivity contribution in [1.82, 2.24) is 10.6 Å². The van der Waals surface area contributed by atoms with E-state index < -0.39 is 0 Å². The average Bonchev–Trinajstić information content (AvgIpc) is 2.93. The summed E-state index contributed by atoms with van der Waals surface area (Å²) in [7, 11) is 0. The summed E-state index contributed by atoms with van der Waals surface area (Å²) in [4.78, 5) is 9.20. The molecule has 0 aromatic rings. The van der Waals surface area contributed by atoms with Crippen molar-refractivity contribution in [3.63, 3.8) is 0 Å². The molecule has 0 rings (SSSR count). The van der Waals surface area contributed by atoms with E-state index in [0.29, 0.717) is 0 Å². The van der Waals surface area contributed by atoms with Gasteiger partial charge in [-0.25, -0.2) is 0 Å². The normalized spacial score (nSPS) is 16.8. The number of nitrogens with zero attached hydrogens (tertiary/aromatic N) is 2. The summed E-state index contributed by atoms with van der Waals surface area (Å²) in [6.45, 7) is 25.2. The Morgan fingerprint density at radius 3 is 1.24 bits per heavy atom. The molecular formula is C37H76N4. The van der Waals surface area contributed by atoms with Gasteiger partial charge in [0.05, 0.1) is 13.1 Å². The molecule has 0 aliphatic carbocycles. The molecule has 41 heavy (non-hydrogen) atoms. The minimum atomic E-state index is 0.847. The predicted molar refractivity (Wildman–Crippen MR) is 188 cm³/mol. The summed E-state index contributed by atoms with van der Waals surface area (Å²) in [5.74, 6) is 5.19. The van der Waals surface area contributed by atoms with Crippen LogP contribution < -0.4 is 10.6 Å². The molecule has 2 N–H and O–H groups in total. The minimum absolute atomic E-state index is 0.847. The SMILES string of the molecule is CCC(C)CC(C)CC(C)CCCC=NCCNCCCCCNCCN=CCCCC(C)CC(C)CC(C)CC. The summed E-state index contributed by atoms with van der Waals surface area (Å²) in [5, 5.41) is 7.09. The molecule has 0 saturated carbocycles. The Kier molecular flexibility index (Phi) is 28.8. The van der Waals surface area contributed by atoms with E-state index in [1.165, 1.54) is 83.5 Å². The standard InChI is InChI=1S/C37H76N4/c1-9-32(3)28-36(7)30-34(5)18-12-16-22-40-26-24-38-20-14-11-15-21-39-25-27-41-23-17-13-19-35(6)31-37(8)29-33(4)10-2/h22-23,32-39H,9-21,24-31H2,1-8H3. The third-order valence-corrected chi connectivity index (χ3v) is 8.97. The highest BCUT2D eigenvalue weighted by atomic mass is 14.9. The molecule has 0 aromatic carbocycles. The third kappa shape index (κ3) is 29.1. The molecule has 244 valence electrons. The maximum absolute atomic E-state index is 4.60. The molecular weight excluding hydrogens is 500 g/mol. The van der Waals surface area contributed by atoms with Crippen molar-refractivity contribution < 1.29 is 0 Å². The number of hydrogen-bond acceptors (Lipinski definition) is 4. The first-order valence-electron chi connectivity index (χ1n) is 18.2. The van der Waals surface area contributed by atoms with E-state index in [-0.39, 0.29) is 0 Å². The van der Waals surface area contributed by atoms with E-state index >= 15 is 0 Å². The quantitative estimate of drug-likeness (QED) is 0.0660. The van der Waals surface area contributed by atoms with Gasteiger partial charge in [-0.3, -0.25) is 9.98 Å². The van der Waals surface area contributed by atoms with Crippen LogP contribution in [-0.2, 0) is 0 Å². The van der Waals surface area contributed by atoms with Crippen molar-refractivity contribution in [2.75, 3.05) is 39.3 Å². The first-order chi connectivity index (χ1) is 19.8. The fraction of sp³-hybridized carbons (Fsp3) is 0.946. The number of nitrogens with one attached hydrogen (secondary N) is 2. The van der Waals surface area contributed by atoms with Crippen LogP contribution in [0.4, 0.5) is 0 Å². The minimum Gasteiger partial charge on any atom is -0.315 e. The summed E-state index contributed by atoms with van der Waals surface area (Å²) >= 11 is 0. The average molecular weight is 577 g/mol. The fourth-order valence-corrected chi connectivity index (χ4v) is 6.20. The lowest BCUT2D eigenvalue weighted by atomic mass is 9.87. The van der Waals surface area contributed by atoms with Gasteiger partial charge in [-0.05, 0) is 125 Å². The molecule has 0 fully saturated rings. The van der Waals surface area contributed by atoms with Crippen LogP contribution in [0.3, 0.4) is 0 Å². The molecule has 0 amide bonds. The molecule has 0 saturated heterocycles. The predicted octanol–water partition coefficient (Wildman–Crippen LogP) is 10.0. The summed E-state index contributed by atoms with van der Waals surface area (Å²) in [6.07, 6.45) is 23.8. The highest BCUT2D eigenvalue weighted by Crippen LogP contribution is 2.25. The zero-order valence-corrected chi connectivity index (χ0v) is 29.4. The molecule has 0 heterocycles. The zero-order valence-electron chi connectivity index (χ0n) is 29.4. The second-order valence-electron chi connectivity index (χ2n) is 14.0. The highest BCUT2D eigenvalue weighted by molar-refractivity contribution is 5.57. The van der Waals surface area contributed by atoms with Crippen molar-refractivity contribution in [2.24, 2.45) is 45.5 Å². The zero-order chi connectivity index (χ0) is 30.6. The van der Waals surface area contributed by atoms with Crippen LogP contribution in [0.5, 0.6) is 0 Å². The van der Waals surface area contributed by atoms with Gasteiger partial charge < -0.3 is 10.6 Å². The van der Waals surface area contributed by atoms with Crippen LogP contribution in [0, 0.1) is 35.5 Å². The van der Waals surface area contributed by atoms with Crippen molar-refractivity contribution in [1.29, 1.82) is 0 Å². The van der Waals surface area contributed by atoms with Gasteiger partial charge in [0, 0.05) is 13.1 Å². The topological polar surface area (TPSA) is 48.8 Å². The lowest BCUT2D eigenvalue weighted by Gasteiger charge is -2.19. The van der Waals surface area contributed by atoms with Gasteiger partial charge >= 0.3 is 0 Å². The lowest BCUT2D eigenvalue weighted by Crippen LogP contribution is -2.20. The van der Waals surface area contributed by atoms with Crippen LogP contribution in [0.15, 0.2) is 9.98 Å². The first kappa shape index (κ1) is 40.3. The van der Waals surface area contributed by atoms with Crippen LogP contribution in [0.25, 0.3) is 0 Å². The van der Waals surface area contributed by atoms with Crippen molar-refractivity contribution in [3.05, 3.63) is 0 Å². The van der Waals surface area contributed by atoms with Gasteiger partial charge in [0.1, 0.15) is 0 Å². The lowest BCUT2D eigenvalue weighted by molar-refractivity contribution is 0.327. The second-order valence-corrected chi connectivity index (χ2v) is 14.0. The van der Waals surface area contributed by atoms with Crippen molar-refractivity contribution >= 4 is 12.4 Å². The largest absolute Gasteiger partial charge is 0.315 e. The van der Waals surface area contributed by atoms with Gasteiger partial charge in [0.25, 0.3) is 0 Å². The molecule has 6 unspecified atom stereocenters. The highest BCUT2D eigenvalue weighted by Gasteiger charge is 2.12. The molecule has 0 bridgehead atoms. The monoisotopic (exact) mass is 577 g/mol. The Bertz CT molecular complexity index is 539. The third-order valence-electron chi connectivity index (χ3n) is 8.97. The Morgan fingerprint density at radius 1 is 0.463 bits per heavy atom. The van der Waals surface area contributed by atoms with E-state index in [2.05, 4.69) is 88.4 Å². The molecule has 0 aromatic heterocycles. The molecule has 4 nitrogen and oxygen atoms in total. The van der Waals surface area contributed by atoms with Crippen LogP contribution in [0.2, 0.25) is 0 Å². The first-order valence-corrected chi connectivity index (χ1v) is 18.2. The van der Waals surface area contributed by atoms with Crippen LogP contribution in [0.1, 0.15) is 152 Å². The Morgan fingerprint density at radius 2 is 0.854 bits per heavy atom. The van der Waals surface area contributed by atoms with E-state index in [4.69, 9.17) is 0 Å². The maximum atomic E-state index is 4.60. The number of aliphatic imine (C=N–C) groups is 2. The van der Waals surface area contributed by atoms with Gasteiger partial charge in [0.15, 0.2) is 0 Å². The Hall–Kier alpha value is -0.740. The van der Waals surface area contributed by atoms with Gasteiger partial charge in [-0.1, -0.05) is 87.5 Å². The maximum Gasteiger partial charge on any atom is 0.0510 e.